The molecule has 2 aliphatic rings. The number of aryl methyl sites for hydroxylation is 1. The van der Waals surface area contributed by atoms with Crippen molar-refractivity contribution in [3.05, 3.63) is 47.0 Å². The Hall–Kier alpha value is -2.14. The summed E-state index contributed by atoms with van der Waals surface area (Å²) in [5, 5.41) is 5.90. The van der Waals surface area contributed by atoms with Gasteiger partial charge in [0.1, 0.15) is 0 Å². The molecule has 1 fully saturated rings. The molecule has 0 spiro atoms. The molecule has 5 heteroatoms. The Kier molecular flexibility index (Phi) is 6.45. The topological polar surface area (TPSA) is 61.4 Å². The summed E-state index contributed by atoms with van der Waals surface area (Å²) in [5.74, 6) is -0.0924. The fraction of sp³-hybridized carbons (Fsp3) is 0.524. The van der Waals surface area contributed by atoms with Crippen molar-refractivity contribution in [1.82, 2.24) is 15.5 Å². The number of allylic oxidation sites excluding steroid dienone is 1. The molecule has 1 aliphatic heterocycles. The van der Waals surface area contributed by atoms with E-state index in [1.54, 1.807) is 0 Å². The summed E-state index contributed by atoms with van der Waals surface area (Å²) in [7, 11) is 0. The number of hydrogen-bond acceptors (Lipinski definition) is 3. The van der Waals surface area contributed by atoms with Crippen molar-refractivity contribution in [3.63, 3.8) is 0 Å². The second kappa shape index (κ2) is 8.99. The quantitative estimate of drug-likeness (QED) is 0.770. The van der Waals surface area contributed by atoms with E-state index >= 15 is 0 Å². The van der Waals surface area contributed by atoms with Crippen molar-refractivity contribution >= 4 is 11.8 Å². The lowest BCUT2D eigenvalue weighted by Crippen LogP contribution is -2.56. The van der Waals surface area contributed by atoms with Gasteiger partial charge in [0.15, 0.2) is 0 Å². The molecule has 0 radical (unpaired) electrons. The number of carbonyl (C=O) groups is 2. The molecular weight excluding hydrogens is 326 g/mol. The molecule has 0 saturated carbocycles. The molecule has 0 bridgehead atoms. The van der Waals surface area contributed by atoms with Crippen LogP contribution in [-0.2, 0) is 16.1 Å². The molecule has 1 aromatic rings. The van der Waals surface area contributed by atoms with E-state index in [0.717, 1.165) is 19.4 Å². The molecule has 1 saturated heterocycles. The number of hydrogen-bond donors (Lipinski definition) is 2. The Morgan fingerprint density at radius 2 is 2.15 bits per heavy atom. The van der Waals surface area contributed by atoms with Gasteiger partial charge in [-0.1, -0.05) is 35.9 Å². The summed E-state index contributed by atoms with van der Waals surface area (Å²) in [6.07, 6.45) is 7.08. The molecule has 26 heavy (non-hydrogen) atoms. The first-order chi connectivity index (χ1) is 12.6. The summed E-state index contributed by atoms with van der Waals surface area (Å²) >= 11 is 0. The van der Waals surface area contributed by atoms with Crippen LogP contribution < -0.4 is 10.6 Å². The zero-order chi connectivity index (χ0) is 18.4. The number of piperazine rings is 1. The fourth-order valence-electron chi connectivity index (χ4n) is 3.70. The largest absolute Gasteiger partial charge is 0.353 e. The Bertz CT molecular complexity index is 684. The van der Waals surface area contributed by atoms with Crippen LogP contribution >= 0.6 is 0 Å². The van der Waals surface area contributed by atoms with Gasteiger partial charge in [0.25, 0.3) is 0 Å². The van der Waals surface area contributed by atoms with Crippen molar-refractivity contribution in [1.29, 1.82) is 0 Å². The standard InChI is InChI=1S/C21H29N3O2/c1-16-7-5-6-10-18(16)15-24-12-11-22-21(26)19(24)13-20(25)23-14-17-8-3-2-4-9-17/h5-8,10,19H,2-4,9,11-15H2,1H3,(H,22,26)(H,23,25)/t19-/m1/s1. The molecule has 2 amide bonds. The first-order valence-corrected chi connectivity index (χ1v) is 9.64. The Balaban J connectivity index is 1.59. The van der Waals surface area contributed by atoms with Crippen molar-refractivity contribution < 1.29 is 9.59 Å². The van der Waals surface area contributed by atoms with E-state index in [1.807, 2.05) is 12.1 Å². The number of benzene rings is 1. The molecule has 5 nitrogen and oxygen atoms in total. The number of amides is 2. The van der Waals surface area contributed by atoms with Gasteiger partial charge in [0.2, 0.25) is 11.8 Å². The molecule has 2 N–H and O–H groups in total. The molecule has 140 valence electrons. The summed E-state index contributed by atoms with van der Waals surface area (Å²) < 4.78 is 0. The molecular formula is C21H29N3O2. The van der Waals surface area contributed by atoms with Crippen LogP contribution in [0.15, 0.2) is 35.9 Å². The van der Waals surface area contributed by atoms with Crippen LogP contribution in [0.4, 0.5) is 0 Å². The average Bonchev–Trinajstić information content (AvgIpc) is 2.65. The molecule has 1 atom stereocenters. The molecule has 0 unspecified atom stereocenters. The lowest BCUT2D eigenvalue weighted by Gasteiger charge is -2.35. The van der Waals surface area contributed by atoms with Crippen LogP contribution in [0.2, 0.25) is 0 Å². The predicted molar refractivity (Wildman–Crippen MR) is 103 cm³/mol. The predicted octanol–water partition coefficient (Wildman–Crippen LogP) is 2.30. The maximum atomic E-state index is 12.4. The minimum atomic E-state index is -0.399. The Morgan fingerprint density at radius 1 is 1.31 bits per heavy atom. The molecule has 1 heterocycles. The summed E-state index contributed by atoms with van der Waals surface area (Å²) in [6, 6.07) is 7.81. The first kappa shape index (κ1) is 18.6. The van der Waals surface area contributed by atoms with Gasteiger partial charge in [0, 0.05) is 26.2 Å². The number of rotatable bonds is 6. The van der Waals surface area contributed by atoms with Crippen LogP contribution in [0.3, 0.4) is 0 Å². The minimum Gasteiger partial charge on any atom is -0.353 e. The molecule has 1 aliphatic carbocycles. The van der Waals surface area contributed by atoms with E-state index in [1.165, 1.54) is 29.5 Å². The van der Waals surface area contributed by atoms with Crippen molar-refractivity contribution in [2.75, 3.05) is 19.6 Å². The maximum absolute atomic E-state index is 12.4. The number of carbonyl (C=O) groups excluding carboxylic acids is 2. The van der Waals surface area contributed by atoms with Gasteiger partial charge < -0.3 is 10.6 Å². The van der Waals surface area contributed by atoms with Crippen LogP contribution in [0.5, 0.6) is 0 Å². The van der Waals surface area contributed by atoms with Gasteiger partial charge in [-0.3, -0.25) is 14.5 Å². The maximum Gasteiger partial charge on any atom is 0.237 e. The van der Waals surface area contributed by atoms with Crippen LogP contribution in [-0.4, -0.2) is 42.4 Å². The van der Waals surface area contributed by atoms with Gasteiger partial charge in [-0.2, -0.15) is 0 Å². The zero-order valence-corrected chi connectivity index (χ0v) is 15.6. The van der Waals surface area contributed by atoms with Crippen molar-refractivity contribution in [2.45, 2.75) is 51.6 Å². The highest BCUT2D eigenvalue weighted by atomic mass is 16.2. The lowest BCUT2D eigenvalue weighted by atomic mass is 9.99. The Morgan fingerprint density at radius 3 is 2.92 bits per heavy atom. The third-order valence-electron chi connectivity index (χ3n) is 5.35. The fourth-order valence-corrected chi connectivity index (χ4v) is 3.70. The Labute approximate surface area is 155 Å². The number of nitrogens with zero attached hydrogens (tertiary/aromatic N) is 1. The third kappa shape index (κ3) is 4.94. The average molecular weight is 355 g/mol. The van der Waals surface area contributed by atoms with E-state index in [2.05, 4.69) is 40.7 Å². The first-order valence-electron chi connectivity index (χ1n) is 9.64. The van der Waals surface area contributed by atoms with E-state index < -0.39 is 6.04 Å². The monoisotopic (exact) mass is 355 g/mol. The van der Waals surface area contributed by atoms with Crippen LogP contribution in [0, 0.1) is 6.92 Å². The van der Waals surface area contributed by atoms with Gasteiger partial charge in [-0.15, -0.1) is 0 Å². The van der Waals surface area contributed by atoms with Gasteiger partial charge in [-0.25, -0.2) is 0 Å². The summed E-state index contributed by atoms with van der Waals surface area (Å²) in [6.45, 7) is 4.80. The lowest BCUT2D eigenvalue weighted by molar-refractivity contribution is -0.134. The highest BCUT2D eigenvalue weighted by Gasteiger charge is 2.31. The molecule has 0 aromatic heterocycles. The van der Waals surface area contributed by atoms with Crippen LogP contribution in [0.1, 0.15) is 43.2 Å². The second-order valence-electron chi connectivity index (χ2n) is 7.29. The van der Waals surface area contributed by atoms with E-state index in [4.69, 9.17) is 0 Å². The van der Waals surface area contributed by atoms with Gasteiger partial charge in [0.05, 0.1) is 12.5 Å². The molecule has 1 aromatic carbocycles. The highest BCUT2D eigenvalue weighted by molar-refractivity contribution is 5.88. The normalized spacial score (nSPS) is 21.0. The van der Waals surface area contributed by atoms with E-state index in [9.17, 15) is 9.59 Å². The SMILES string of the molecule is Cc1ccccc1CN1CCNC(=O)[C@H]1CC(=O)NCC1=CCCCC1. The highest BCUT2D eigenvalue weighted by Crippen LogP contribution is 2.18. The third-order valence-corrected chi connectivity index (χ3v) is 5.35. The van der Waals surface area contributed by atoms with Crippen molar-refractivity contribution in [2.24, 2.45) is 0 Å². The summed E-state index contributed by atoms with van der Waals surface area (Å²) in [5.41, 5.74) is 3.74. The zero-order valence-electron chi connectivity index (χ0n) is 15.6. The van der Waals surface area contributed by atoms with Gasteiger partial charge in [-0.05, 0) is 43.7 Å². The van der Waals surface area contributed by atoms with Crippen molar-refractivity contribution in [3.8, 4) is 0 Å². The second-order valence-corrected chi connectivity index (χ2v) is 7.29. The minimum absolute atomic E-state index is 0.0446. The van der Waals surface area contributed by atoms with Crippen LogP contribution in [0.25, 0.3) is 0 Å². The van der Waals surface area contributed by atoms with Gasteiger partial charge >= 0.3 is 0 Å². The van der Waals surface area contributed by atoms with E-state index in [-0.39, 0.29) is 18.2 Å². The molecule has 3 rings (SSSR count). The summed E-state index contributed by atoms with van der Waals surface area (Å²) in [4.78, 5) is 26.9. The number of nitrogens with one attached hydrogen (secondary N) is 2. The smallest absolute Gasteiger partial charge is 0.237 e. The van der Waals surface area contributed by atoms with E-state index in [0.29, 0.717) is 19.6 Å².